The summed E-state index contributed by atoms with van der Waals surface area (Å²) in [6.45, 7) is 7.37. The largest absolute Gasteiger partial charge is 0.444 e. The van der Waals surface area contributed by atoms with Crippen molar-refractivity contribution < 1.29 is 14.3 Å². The molecule has 1 saturated carbocycles. The third-order valence-electron chi connectivity index (χ3n) is 7.76. The predicted molar refractivity (Wildman–Crippen MR) is 156 cm³/mol. The van der Waals surface area contributed by atoms with Crippen LogP contribution < -0.4 is 5.69 Å². The van der Waals surface area contributed by atoms with Crippen molar-refractivity contribution in [2.24, 2.45) is 0 Å². The van der Waals surface area contributed by atoms with Crippen molar-refractivity contribution in [3.05, 3.63) is 82.4 Å². The molecule has 0 atom stereocenters. The Morgan fingerprint density at radius 2 is 1.40 bits per heavy atom. The lowest BCUT2D eigenvalue weighted by Crippen LogP contribution is -2.52. The van der Waals surface area contributed by atoms with Crippen LogP contribution in [0.2, 0.25) is 0 Å². The maximum atomic E-state index is 14.4. The summed E-state index contributed by atoms with van der Waals surface area (Å²) in [5.74, 6) is -0.176. The number of ether oxygens (including phenoxy) is 1. The number of nitrogens with zero attached hydrogens (tertiary/aromatic N) is 4. The van der Waals surface area contributed by atoms with Gasteiger partial charge in [-0.3, -0.25) is 13.9 Å². The molecule has 0 spiro atoms. The lowest BCUT2D eigenvalue weighted by molar-refractivity contribution is 0.0139. The smallest absolute Gasteiger partial charge is 0.410 e. The van der Waals surface area contributed by atoms with Gasteiger partial charge in [0.1, 0.15) is 11.3 Å². The van der Waals surface area contributed by atoms with E-state index >= 15 is 0 Å². The summed E-state index contributed by atoms with van der Waals surface area (Å²) in [7, 11) is 0. The van der Waals surface area contributed by atoms with Crippen LogP contribution in [-0.2, 0) is 11.3 Å². The first-order valence-electron chi connectivity index (χ1n) is 14.4. The van der Waals surface area contributed by atoms with Crippen LogP contribution in [0.4, 0.5) is 4.79 Å². The summed E-state index contributed by atoms with van der Waals surface area (Å²) in [4.78, 5) is 44.7. The number of amides is 2. The Hall–Kier alpha value is -3.81. The van der Waals surface area contributed by atoms with Crippen LogP contribution in [0.15, 0.2) is 65.5 Å². The first kappa shape index (κ1) is 27.7. The van der Waals surface area contributed by atoms with E-state index in [2.05, 4.69) is 0 Å². The zero-order chi connectivity index (χ0) is 28.3. The first-order chi connectivity index (χ1) is 19.2. The summed E-state index contributed by atoms with van der Waals surface area (Å²) in [6, 6.07) is 19.7. The molecule has 0 radical (unpaired) electrons. The van der Waals surface area contributed by atoms with E-state index in [1.807, 2.05) is 86.0 Å². The number of hydrogen-bond acceptors (Lipinski definition) is 4. The van der Waals surface area contributed by atoms with E-state index in [4.69, 9.17) is 4.74 Å². The maximum absolute atomic E-state index is 14.4. The minimum absolute atomic E-state index is 0.0593. The van der Waals surface area contributed by atoms with E-state index in [0.29, 0.717) is 44.1 Å². The fourth-order valence-electron chi connectivity index (χ4n) is 5.81. The van der Waals surface area contributed by atoms with Gasteiger partial charge in [-0.2, -0.15) is 0 Å². The molecule has 0 bridgehead atoms. The lowest BCUT2D eigenvalue weighted by atomic mass is 9.94. The first-order valence-corrected chi connectivity index (χ1v) is 14.4. The number of imidazole rings is 1. The van der Waals surface area contributed by atoms with Crippen LogP contribution >= 0.6 is 0 Å². The lowest BCUT2D eigenvalue weighted by Gasteiger charge is -2.35. The van der Waals surface area contributed by atoms with Crippen LogP contribution in [0.25, 0.3) is 11.3 Å². The molecule has 2 aromatic carbocycles. The van der Waals surface area contributed by atoms with E-state index in [-0.39, 0.29) is 23.7 Å². The minimum atomic E-state index is -0.579. The summed E-state index contributed by atoms with van der Waals surface area (Å²) in [6.07, 6.45) is 4.81. The Morgan fingerprint density at radius 1 is 0.825 bits per heavy atom. The van der Waals surface area contributed by atoms with Crippen molar-refractivity contribution in [2.75, 3.05) is 26.2 Å². The van der Waals surface area contributed by atoms with Gasteiger partial charge in [-0.05, 0) is 39.2 Å². The molecule has 212 valence electrons. The highest BCUT2D eigenvalue weighted by atomic mass is 16.6. The summed E-state index contributed by atoms with van der Waals surface area (Å²) < 4.78 is 9.12. The van der Waals surface area contributed by atoms with Crippen molar-refractivity contribution in [2.45, 2.75) is 71.1 Å². The number of benzene rings is 2. The van der Waals surface area contributed by atoms with Gasteiger partial charge in [-0.15, -0.1) is 0 Å². The van der Waals surface area contributed by atoms with Crippen molar-refractivity contribution in [1.29, 1.82) is 0 Å². The molecule has 0 N–H and O–H groups in total. The zero-order valence-electron chi connectivity index (χ0n) is 23.8. The predicted octanol–water partition coefficient (Wildman–Crippen LogP) is 5.56. The highest BCUT2D eigenvalue weighted by Gasteiger charge is 2.35. The monoisotopic (exact) mass is 544 g/mol. The van der Waals surface area contributed by atoms with Crippen LogP contribution in [0.5, 0.6) is 0 Å². The quantitative estimate of drug-likeness (QED) is 0.421. The van der Waals surface area contributed by atoms with Gasteiger partial charge < -0.3 is 14.5 Å². The van der Waals surface area contributed by atoms with Crippen LogP contribution in [0.1, 0.15) is 75.0 Å². The zero-order valence-corrected chi connectivity index (χ0v) is 23.8. The van der Waals surface area contributed by atoms with E-state index < -0.39 is 5.60 Å². The van der Waals surface area contributed by atoms with E-state index in [1.165, 1.54) is 6.42 Å². The third kappa shape index (κ3) is 6.01. The summed E-state index contributed by atoms with van der Waals surface area (Å²) in [5, 5.41) is 0. The van der Waals surface area contributed by atoms with E-state index in [9.17, 15) is 14.4 Å². The van der Waals surface area contributed by atoms with Gasteiger partial charge in [0, 0.05) is 37.8 Å². The van der Waals surface area contributed by atoms with Crippen molar-refractivity contribution >= 4 is 12.0 Å². The number of carbonyl (C=O) groups is 2. The van der Waals surface area contributed by atoms with Crippen molar-refractivity contribution in [3.63, 3.8) is 0 Å². The average molecular weight is 545 g/mol. The fourth-order valence-corrected chi connectivity index (χ4v) is 5.81. The second-order valence-corrected chi connectivity index (χ2v) is 11.8. The fraction of sp³-hybridized carbons (Fsp3) is 0.469. The van der Waals surface area contributed by atoms with Gasteiger partial charge in [0.2, 0.25) is 0 Å². The summed E-state index contributed by atoms with van der Waals surface area (Å²) >= 11 is 0. The van der Waals surface area contributed by atoms with Gasteiger partial charge in [-0.25, -0.2) is 9.59 Å². The summed E-state index contributed by atoms with van der Waals surface area (Å²) in [5.41, 5.74) is 2.25. The van der Waals surface area contributed by atoms with Gasteiger partial charge in [0.05, 0.1) is 12.2 Å². The molecule has 2 heterocycles. The Kier molecular flexibility index (Phi) is 8.14. The SMILES string of the molecule is CC(C)(C)OC(=O)N1CCN(C(=O)c2c(-c3ccccc3)n(C3CCCCC3)c(=O)n2Cc2ccccc2)CC1. The second-order valence-electron chi connectivity index (χ2n) is 11.8. The molecule has 1 saturated heterocycles. The number of piperazine rings is 1. The number of rotatable bonds is 5. The Balaban J connectivity index is 1.55. The molecule has 40 heavy (non-hydrogen) atoms. The Bertz CT molecular complexity index is 1370. The molecule has 5 rings (SSSR count). The molecule has 8 nitrogen and oxygen atoms in total. The van der Waals surface area contributed by atoms with E-state index in [0.717, 1.165) is 36.8 Å². The molecule has 1 aliphatic heterocycles. The maximum Gasteiger partial charge on any atom is 0.410 e. The molecule has 8 heteroatoms. The molecule has 2 aliphatic rings. The minimum Gasteiger partial charge on any atom is -0.444 e. The van der Waals surface area contributed by atoms with Gasteiger partial charge in [0.25, 0.3) is 5.91 Å². The molecule has 1 aromatic heterocycles. The van der Waals surface area contributed by atoms with Crippen LogP contribution in [0, 0.1) is 0 Å². The topological polar surface area (TPSA) is 76.8 Å². The van der Waals surface area contributed by atoms with Crippen LogP contribution in [0.3, 0.4) is 0 Å². The Morgan fingerprint density at radius 3 is 2.00 bits per heavy atom. The van der Waals surface area contributed by atoms with E-state index in [1.54, 1.807) is 14.4 Å². The molecule has 3 aromatic rings. The van der Waals surface area contributed by atoms with Gasteiger partial charge in [-0.1, -0.05) is 79.9 Å². The highest BCUT2D eigenvalue weighted by molar-refractivity contribution is 5.99. The average Bonchev–Trinajstić information content (AvgIpc) is 3.25. The molecule has 1 aliphatic carbocycles. The molecule has 2 fully saturated rings. The second kappa shape index (κ2) is 11.7. The van der Waals surface area contributed by atoms with Gasteiger partial charge >= 0.3 is 11.8 Å². The normalized spacial score (nSPS) is 16.7. The van der Waals surface area contributed by atoms with Crippen molar-refractivity contribution in [3.8, 4) is 11.3 Å². The number of aromatic nitrogens is 2. The van der Waals surface area contributed by atoms with Gasteiger partial charge in [0.15, 0.2) is 0 Å². The number of hydrogen-bond donors (Lipinski definition) is 0. The van der Waals surface area contributed by atoms with Crippen LogP contribution in [-0.4, -0.2) is 62.7 Å². The Labute approximate surface area is 236 Å². The van der Waals surface area contributed by atoms with Crippen molar-refractivity contribution in [1.82, 2.24) is 18.9 Å². The molecule has 2 amide bonds. The molecule has 0 unspecified atom stereocenters. The molecular formula is C32H40N4O4. The highest BCUT2D eigenvalue weighted by Crippen LogP contribution is 2.34. The number of carbonyl (C=O) groups excluding carboxylic acids is 2. The molecular weight excluding hydrogens is 504 g/mol. The standard InChI is InChI=1S/C32H40N4O4/c1-32(2,3)40-31(39)34-21-19-33(20-22-34)29(37)28-27(25-15-9-5-10-16-25)36(26-17-11-6-12-18-26)30(38)35(28)23-24-13-7-4-8-14-24/h4-5,7-10,13-16,26H,6,11-12,17-23H2,1-3H3. The third-order valence-corrected chi connectivity index (χ3v) is 7.76.